The summed E-state index contributed by atoms with van der Waals surface area (Å²) in [4.78, 5) is 61.4. The van der Waals surface area contributed by atoms with Gasteiger partial charge in [-0.15, -0.1) is 6.58 Å². The summed E-state index contributed by atoms with van der Waals surface area (Å²) in [5.74, 6) is -2.45. The number of fused-ring (bicyclic) bond motifs is 1. The lowest BCUT2D eigenvalue weighted by molar-refractivity contribution is -0.143. The van der Waals surface area contributed by atoms with Crippen LogP contribution in [-0.2, 0) is 33.9 Å². The van der Waals surface area contributed by atoms with E-state index in [9.17, 15) is 27.6 Å². The van der Waals surface area contributed by atoms with E-state index in [2.05, 4.69) is 21.9 Å². The number of amides is 4. The van der Waals surface area contributed by atoms with E-state index in [1.807, 2.05) is 60.7 Å². The number of nitrogens with one attached hydrogen (secondary N) is 3. The van der Waals surface area contributed by atoms with E-state index >= 15 is 0 Å². The van der Waals surface area contributed by atoms with E-state index in [-0.39, 0.29) is 19.4 Å². The van der Waals surface area contributed by atoms with E-state index in [1.165, 1.54) is 18.1 Å². The number of nitrogens with zero attached hydrogens (tertiary/aromatic N) is 2. The van der Waals surface area contributed by atoms with Gasteiger partial charge in [-0.2, -0.15) is 0 Å². The van der Waals surface area contributed by atoms with Crippen molar-refractivity contribution in [2.75, 3.05) is 13.7 Å². The van der Waals surface area contributed by atoms with Gasteiger partial charge >= 0.3 is 6.09 Å². The highest BCUT2D eigenvalue weighted by Crippen LogP contribution is 2.45. The monoisotopic (exact) mass is 761 g/mol. The second-order valence-corrected chi connectivity index (χ2v) is 17.1. The molecule has 1 aromatic heterocycles. The summed E-state index contributed by atoms with van der Waals surface area (Å²) in [5, 5.41) is 6.32. The average molecular weight is 762 g/mol. The quantitative estimate of drug-likeness (QED) is 0.217. The number of benzene rings is 2. The summed E-state index contributed by atoms with van der Waals surface area (Å²) >= 11 is 0. The Morgan fingerprint density at radius 3 is 2.37 bits per heavy atom. The van der Waals surface area contributed by atoms with Crippen molar-refractivity contribution in [2.24, 2.45) is 5.92 Å². The number of likely N-dealkylation sites (tertiary alicyclic amines) is 1. The molecule has 2 heterocycles. The number of rotatable bonds is 13. The lowest BCUT2D eigenvalue weighted by atomic mass is 10.1. The molecule has 54 heavy (non-hydrogen) atoms. The molecule has 1 saturated heterocycles. The van der Waals surface area contributed by atoms with Crippen LogP contribution in [-0.4, -0.2) is 96.5 Å². The van der Waals surface area contributed by atoms with Crippen molar-refractivity contribution in [3.05, 3.63) is 73.3 Å². The van der Waals surface area contributed by atoms with Gasteiger partial charge in [0.05, 0.1) is 23.6 Å². The van der Waals surface area contributed by atoms with Crippen LogP contribution in [0.1, 0.15) is 53.4 Å². The highest BCUT2D eigenvalue weighted by molar-refractivity contribution is 7.91. The highest BCUT2D eigenvalue weighted by atomic mass is 32.2. The Bertz CT molecular complexity index is 2050. The fraction of sp³-hybridized carbons (Fsp3) is 0.462. The van der Waals surface area contributed by atoms with Crippen molar-refractivity contribution in [3.63, 3.8) is 0 Å². The first-order valence-corrected chi connectivity index (χ1v) is 19.5. The maximum absolute atomic E-state index is 14.5. The topological polar surface area (TPSA) is 182 Å². The van der Waals surface area contributed by atoms with E-state index in [0.717, 1.165) is 16.3 Å². The summed E-state index contributed by atoms with van der Waals surface area (Å²) < 4.78 is 45.1. The normalized spacial score (nSPS) is 23.5. The van der Waals surface area contributed by atoms with Crippen molar-refractivity contribution in [2.45, 2.75) is 94.1 Å². The predicted octanol–water partition coefficient (Wildman–Crippen LogP) is 3.85. The molecule has 14 nitrogen and oxygen atoms in total. The van der Waals surface area contributed by atoms with Gasteiger partial charge in [0.2, 0.25) is 27.7 Å². The van der Waals surface area contributed by atoms with Gasteiger partial charge < -0.3 is 29.7 Å². The van der Waals surface area contributed by atoms with Crippen LogP contribution in [0.25, 0.3) is 22.0 Å². The Morgan fingerprint density at radius 2 is 1.74 bits per heavy atom. The van der Waals surface area contributed by atoms with Crippen molar-refractivity contribution >= 4 is 44.6 Å². The SMILES string of the molecule is C=C[C@@H]1C[C@]1(NC(=O)[C@@H]1C[C@@H](Oc2nc(-c3ccccc3)cc3ccccc23)CN1C(=O)[C@@H](NC(=O)OC(C)(C)C)[C@H](C)OC)C(=O)NS(=O)(=O)C1CC1. The molecule has 6 atom stereocenters. The predicted molar refractivity (Wildman–Crippen MR) is 201 cm³/mol. The van der Waals surface area contributed by atoms with Crippen molar-refractivity contribution < 1.29 is 41.8 Å². The van der Waals surface area contributed by atoms with E-state index < -0.39 is 80.4 Å². The molecule has 2 aromatic carbocycles. The maximum Gasteiger partial charge on any atom is 0.408 e. The molecule has 0 radical (unpaired) electrons. The minimum absolute atomic E-state index is 0.0134. The number of aromatic nitrogens is 1. The Balaban J connectivity index is 1.32. The Morgan fingerprint density at radius 1 is 1.06 bits per heavy atom. The van der Waals surface area contributed by atoms with Gasteiger partial charge in [-0.3, -0.25) is 19.1 Å². The Kier molecular flexibility index (Phi) is 10.8. The second kappa shape index (κ2) is 15.0. The Labute approximate surface area is 315 Å². The molecule has 0 bridgehead atoms. The van der Waals surface area contributed by atoms with Crippen LogP contribution in [0.15, 0.2) is 73.3 Å². The molecule has 4 amide bonds. The third-order valence-electron chi connectivity index (χ3n) is 9.93. The molecule has 3 aliphatic rings. The first kappa shape index (κ1) is 38.7. The number of pyridine rings is 1. The molecule has 2 saturated carbocycles. The summed E-state index contributed by atoms with van der Waals surface area (Å²) in [7, 11) is -2.53. The van der Waals surface area contributed by atoms with Gasteiger partial charge in [-0.25, -0.2) is 18.2 Å². The minimum atomic E-state index is -3.92. The van der Waals surface area contributed by atoms with Crippen LogP contribution < -0.4 is 20.1 Å². The van der Waals surface area contributed by atoms with Crippen LogP contribution >= 0.6 is 0 Å². The van der Waals surface area contributed by atoms with Gasteiger partial charge in [-0.1, -0.05) is 54.6 Å². The second-order valence-electron chi connectivity index (χ2n) is 15.1. The molecule has 3 fully saturated rings. The highest BCUT2D eigenvalue weighted by Gasteiger charge is 2.62. The number of ether oxygens (including phenoxy) is 3. The average Bonchev–Trinajstić information content (AvgIpc) is 4.06. The van der Waals surface area contributed by atoms with Gasteiger partial charge in [0, 0.05) is 30.4 Å². The number of hydrogen-bond acceptors (Lipinski definition) is 10. The molecule has 15 heteroatoms. The summed E-state index contributed by atoms with van der Waals surface area (Å²) in [5.41, 5.74) is -0.907. The van der Waals surface area contributed by atoms with Crippen molar-refractivity contribution in [1.82, 2.24) is 25.2 Å². The van der Waals surface area contributed by atoms with Gasteiger partial charge in [0.1, 0.15) is 29.3 Å². The summed E-state index contributed by atoms with van der Waals surface area (Å²) in [6.07, 6.45) is 0.0341. The summed E-state index contributed by atoms with van der Waals surface area (Å²) in [6, 6.07) is 16.6. The van der Waals surface area contributed by atoms with Crippen LogP contribution in [0.4, 0.5) is 4.79 Å². The summed E-state index contributed by atoms with van der Waals surface area (Å²) in [6.45, 7) is 10.3. The zero-order valence-electron chi connectivity index (χ0n) is 31.0. The van der Waals surface area contributed by atoms with Crippen LogP contribution in [0.3, 0.4) is 0 Å². The molecular formula is C39H47N5O9S. The maximum atomic E-state index is 14.5. The standard InChI is InChI=1S/C39H47N5O9S/c1-7-26-21-39(26,36(47)43-54(49,50)28-17-18-28)42-33(45)31-20-27(22-44(31)35(46)32(23(2)51-6)41-37(48)53-38(3,4)5)52-34-29-16-12-11-15-25(29)19-30(40-34)24-13-9-8-10-14-24/h7-16,19,23,26-28,31-32H,1,17-18,20-22H2,2-6H3,(H,41,48)(H,42,45)(H,43,47)/t23-,26+,27+,31-,32-,39+/m0/s1. The molecule has 0 unspecified atom stereocenters. The number of hydrogen-bond donors (Lipinski definition) is 3. The number of methoxy groups -OCH3 is 1. The molecule has 2 aliphatic carbocycles. The zero-order chi connectivity index (χ0) is 39.0. The lowest BCUT2D eigenvalue weighted by Crippen LogP contribution is -2.60. The van der Waals surface area contributed by atoms with Crippen LogP contribution in [0.5, 0.6) is 5.88 Å². The van der Waals surface area contributed by atoms with Gasteiger partial charge in [0.15, 0.2) is 0 Å². The van der Waals surface area contributed by atoms with E-state index in [4.69, 9.17) is 19.2 Å². The molecule has 1 aliphatic heterocycles. The first-order valence-electron chi connectivity index (χ1n) is 18.0. The van der Waals surface area contributed by atoms with E-state index in [1.54, 1.807) is 27.7 Å². The fourth-order valence-electron chi connectivity index (χ4n) is 6.69. The fourth-order valence-corrected chi connectivity index (χ4v) is 8.06. The first-order chi connectivity index (χ1) is 25.5. The minimum Gasteiger partial charge on any atom is -0.472 e. The molecule has 3 aromatic rings. The number of carbonyl (C=O) groups excluding carboxylic acids is 4. The van der Waals surface area contributed by atoms with Crippen LogP contribution in [0, 0.1) is 5.92 Å². The smallest absolute Gasteiger partial charge is 0.408 e. The molecule has 0 spiro atoms. The third-order valence-corrected chi connectivity index (χ3v) is 11.7. The zero-order valence-corrected chi connectivity index (χ0v) is 31.9. The molecule has 6 rings (SSSR count). The van der Waals surface area contributed by atoms with Crippen molar-refractivity contribution in [1.29, 1.82) is 0 Å². The van der Waals surface area contributed by atoms with Crippen molar-refractivity contribution in [3.8, 4) is 17.1 Å². The van der Waals surface area contributed by atoms with E-state index in [0.29, 0.717) is 24.4 Å². The number of alkyl carbamates (subject to hydrolysis) is 1. The number of carbonyl (C=O) groups is 4. The van der Waals surface area contributed by atoms with Crippen LogP contribution in [0.2, 0.25) is 0 Å². The third kappa shape index (κ3) is 8.36. The molecule has 3 N–H and O–H groups in total. The molecule has 288 valence electrons. The molecular weight excluding hydrogens is 715 g/mol. The lowest BCUT2D eigenvalue weighted by Gasteiger charge is -2.32. The Hall–Kier alpha value is -5.02. The largest absolute Gasteiger partial charge is 0.472 e. The van der Waals surface area contributed by atoms with Gasteiger partial charge in [-0.05, 0) is 64.5 Å². The van der Waals surface area contributed by atoms with Gasteiger partial charge in [0.25, 0.3) is 5.91 Å². The number of sulfonamides is 1.